The number of carbonyl (C=O) groups is 3. The topological polar surface area (TPSA) is 78.8 Å². The summed E-state index contributed by atoms with van der Waals surface area (Å²) in [4.78, 5) is 42.3. The zero-order valence-corrected chi connectivity index (χ0v) is 21.3. The first kappa shape index (κ1) is 24.2. The van der Waals surface area contributed by atoms with Crippen molar-refractivity contribution in [3.8, 4) is 0 Å². The van der Waals surface area contributed by atoms with Crippen molar-refractivity contribution in [2.45, 2.75) is 17.8 Å². The minimum Gasteiger partial charge on any atom is -0.274 e. The van der Waals surface area contributed by atoms with Crippen molar-refractivity contribution in [3.63, 3.8) is 0 Å². The highest BCUT2D eigenvalue weighted by Crippen LogP contribution is 2.63. The lowest BCUT2D eigenvalue weighted by molar-refractivity contribution is -0.123. The van der Waals surface area contributed by atoms with Gasteiger partial charge in [0.15, 0.2) is 0 Å². The van der Waals surface area contributed by atoms with Crippen molar-refractivity contribution in [2.24, 2.45) is 16.9 Å². The molecule has 6 nitrogen and oxygen atoms in total. The van der Waals surface area contributed by atoms with Gasteiger partial charge in [-0.05, 0) is 52.1 Å². The lowest BCUT2D eigenvalue weighted by atomic mass is 9.47. The van der Waals surface area contributed by atoms with Crippen molar-refractivity contribution in [1.82, 2.24) is 5.43 Å². The van der Waals surface area contributed by atoms with Gasteiger partial charge < -0.3 is 0 Å². The number of benzene rings is 4. The Morgan fingerprint density at radius 2 is 1.43 bits per heavy atom. The molecule has 0 saturated carbocycles. The van der Waals surface area contributed by atoms with E-state index in [0.717, 1.165) is 27.8 Å². The van der Waals surface area contributed by atoms with E-state index in [4.69, 9.17) is 0 Å². The van der Waals surface area contributed by atoms with Gasteiger partial charge in [0.2, 0.25) is 17.7 Å². The first-order valence-electron chi connectivity index (χ1n) is 13.2. The zero-order chi connectivity index (χ0) is 27.4. The highest BCUT2D eigenvalue weighted by molar-refractivity contribution is 6.25. The summed E-state index contributed by atoms with van der Waals surface area (Å²) in [5.41, 5.74) is 6.46. The number of amides is 3. The number of hydrogen-bond donors (Lipinski definition) is 1. The number of halogens is 1. The van der Waals surface area contributed by atoms with E-state index in [2.05, 4.69) is 10.5 Å². The summed E-state index contributed by atoms with van der Waals surface area (Å²) in [5, 5.41) is 4.43. The van der Waals surface area contributed by atoms with Crippen LogP contribution in [0.1, 0.15) is 33.7 Å². The first-order chi connectivity index (χ1) is 19.5. The second kappa shape index (κ2) is 9.09. The number of hydrogen-bond acceptors (Lipinski definition) is 4. The summed E-state index contributed by atoms with van der Waals surface area (Å²) in [5.74, 6) is -3.19. The van der Waals surface area contributed by atoms with Crippen molar-refractivity contribution in [1.29, 1.82) is 0 Å². The largest absolute Gasteiger partial charge is 0.274 e. The van der Waals surface area contributed by atoms with E-state index in [0.29, 0.717) is 5.69 Å². The molecule has 0 unspecified atom stereocenters. The predicted molar refractivity (Wildman–Crippen MR) is 148 cm³/mol. The number of imide groups is 1. The van der Waals surface area contributed by atoms with Gasteiger partial charge in [0.1, 0.15) is 5.82 Å². The molecule has 1 N–H and O–H groups in total. The summed E-state index contributed by atoms with van der Waals surface area (Å²) in [7, 11) is 0. The Labute approximate surface area is 230 Å². The van der Waals surface area contributed by atoms with Gasteiger partial charge >= 0.3 is 0 Å². The van der Waals surface area contributed by atoms with Crippen molar-refractivity contribution >= 4 is 29.6 Å². The molecule has 1 heterocycles. The fourth-order valence-electron chi connectivity index (χ4n) is 6.92. The van der Waals surface area contributed by atoms with Gasteiger partial charge in [-0.15, -0.1) is 0 Å². The smallest absolute Gasteiger partial charge is 0.244 e. The molecule has 4 aromatic carbocycles. The van der Waals surface area contributed by atoms with E-state index in [9.17, 15) is 18.8 Å². The quantitative estimate of drug-likeness (QED) is 0.231. The summed E-state index contributed by atoms with van der Waals surface area (Å²) in [6, 6.07) is 30.4. The van der Waals surface area contributed by atoms with Crippen LogP contribution in [-0.2, 0) is 26.2 Å². The molecule has 2 atom stereocenters. The van der Waals surface area contributed by atoms with Crippen LogP contribution in [0.4, 0.5) is 10.1 Å². The summed E-state index contributed by atoms with van der Waals surface area (Å²) >= 11 is 0. The molecule has 2 bridgehead atoms. The highest BCUT2D eigenvalue weighted by atomic mass is 19.1. The highest BCUT2D eigenvalue weighted by Gasteiger charge is 2.68. The van der Waals surface area contributed by atoms with E-state index >= 15 is 0 Å². The maximum absolute atomic E-state index is 14.3. The molecule has 0 radical (unpaired) electrons. The molecular formula is C33H24FN3O3. The molecule has 1 aliphatic heterocycles. The number of nitrogens with one attached hydrogen (secondary N) is 1. The van der Waals surface area contributed by atoms with E-state index < -0.39 is 23.1 Å². The first-order valence-corrected chi connectivity index (χ1v) is 13.2. The van der Waals surface area contributed by atoms with E-state index in [1.807, 2.05) is 78.9 Å². The fraction of sp³-hybridized carbons (Fsp3) is 0.152. The van der Waals surface area contributed by atoms with E-state index in [1.54, 1.807) is 6.21 Å². The van der Waals surface area contributed by atoms with Gasteiger partial charge in [-0.2, -0.15) is 5.10 Å². The third kappa shape index (κ3) is 3.40. The molecule has 8 rings (SSSR count). The summed E-state index contributed by atoms with van der Waals surface area (Å²) < 4.78 is 13.7. The Hall–Kier alpha value is -4.91. The predicted octanol–water partition coefficient (Wildman–Crippen LogP) is 4.72. The van der Waals surface area contributed by atoms with Crippen LogP contribution in [0.2, 0.25) is 0 Å². The molecule has 40 heavy (non-hydrogen) atoms. The fourth-order valence-corrected chi connectivity index (χ4v) is 6.92. The van der Waals surface area contributed by atoms with Gasteiger partial charge in [-0.3, -0.25) is 14.4 Å². The third-order valence-corrected chi connectivity index (χ3v) is 8.43. The minimum atomic E-state index is -1.09. The molecule has 3 aliphatic carbocycles. The lowest BCUT2D eigenvalue weighted by Crippen LogP contribution is -2.54. The van der Waals surface area contributed by atoms with E-state index in [1.165, 1.54) is 29.2 Å². The maximum atomic E-state index is 14.3. The number of rotatable bonds is 5. The summed E-state index contributed by atoms with van der Waals surface area (Å²) in [6.07, 6.45) is 1.79. The Morgan fingerprint density at radius 3 is 2.08 bits per heavy atom. The normalized spacial score (nSPS) is 24.1. The molecular weight excluding hydrogens is 505 g/mol. The number of anilines is 1. The number of hydrazone groups is 1. The van der Waals surface area contributed by atoms with Crippen LogP contribution in [0.25, 0.3) is 0 Å². The summed E-state index contributed by atoms with van der Waals surface area (Å²) in [6.45, 7) is 0. The number of nitrogens with zero attached hydrogens (tertiary/aromatic N) is 2. The van der Waals surface area contributed by atoms with Crippen LogP contribution in [-0.4, -0.2) is 23.9 Å². The molecule has 196 valence electrons. The van der Waals surface area contributed by atoms with Crippen LogP contribution < -0.4 is 10.3 Å². The lowest BCUT2D eigenvalue weighted by Gasteiger charge is -2.52. The van der Waals surface area contributed by atoms with Crippen molar-refractivity contribution in [2.75, 3.05) is 4.90 Å². The molecule has 4 aliphatic rings. The molecule has 7 heteroatoms. The standard InChI is InChI=1S/C33H24FN3O3/c34-21-14-16-22(17-15-21)37-31(39)29-28-23-10-4-6-12-25(23)33(30(29)32(37)40,26-13-7-5-11-24(26)28)19-35-36-27(38)18-20-8-2-1-3-9-20/h1-17,19,28-30H,18H2,(H,36,38)/b35-19-/t28?,29-,30+,33?/m1/s1. The average Bonchev–Trinajstić information content (AvgIpc) is 3.25. The van der Waals surface area contributed by atoms with Gasteiger partial charge in [0.25, 0.3) is 0 Å². The average molecular weight is 530 g/mol. The molecule has 0 aromatic heterocycles. The van der Waals surface area contributed by atoms with Crippen molar-refractivity contribution < 1.29 is 18.8 Å². The Balaban J connectivity index is 1.36. The molecule has 0 spiro atoms. The molecule has 4 aromatic rings. The van der Waals surface area contributed by atoms with Crippen LogP contribution in [0.5, 0.6) is 0 Å². The Kier molecular flexibility index (Phi) is 5.49. The van der Waals surface area contributed by atoms with Gasteiger partial charge in [0, 0.05) is 12.1 Å². The second-order valence-corrected chi connectivity index (χ2v) is 10.5. The number of carbonyl (C=O) groups excluding carboxylic acids is 3. The van der Waals surface area contributed by atoms with Crippen LogP contribution in [0, 0.1) is 17.7 Å². The molecule has 3 amide bonds. The van der Waals surface area contributed by atoms with Gasteiger partial charge in [-0.1, -0.05) is 78.9 Å². The van der Waals surface area contributed by atoms with Gasteiger partial charge in [0.05, 0.1) is 29.4 Å². The minimum absolute atomic E-state index is 0.155. The van der Waals surface area contributed by atoms with Crippen LogP contribution >= 0.6 is 0 Å². The van der Waals surface area contributed by atoms with E-state index in [-0.39, 0.29) is 30.1 Å². The van der Waals surface area contributed by atoms with Crippen LogP contribution in [0.15, 0.2) is 108 Å². The second-order valence-electron chi connectivity index (χ2n) is 10.5. The molecule has 1 saturated heterocycles. The Morgan fingerprint density at radius 1 is 0.825 bits per heavy atom. The maximum Gasteiger partial charge on any atom is 0.244 e. The molecule has 1 fully saturated rings. The van der Waals surface area contributed by atoms with Crippen molar-refractivity contribution in [3.05, 3.63) is 137 Å². The third-order valence-electron chi connectivity index (χ3n) is 8.43. The van der Waals surface area contributed by atoms with Gasteiger partial charge in [-0.25, -0.2) is 14.7 Å². The van der Waals surface area contributed by atoms with Crippen LogP contribution in [0.3, 0.4) is 0 Å². The SMILES string of the molecule is O=C(Cc1ccccc1)N/N=C\C12c3ccccc3C(c3ccccc31)[C@H]1C(=O)N(c3ccc(F)cc3)C(=O)[C@H]12. The monoisotopic (exact) mass is 529 g/mol. The Bertz CT molecular complexity index is 1650. The zero-order valence-electron chi connectivity index (χ0n) is 21.3.